The summed E-state index contributed by atoms with van der Waals surface area (Å²) in [7, 11) is 1.80. The highest BCUT2D eigenvalue weighted by Crippen LogP contribution is 1.99. The Morgan fingerprint density at radius 3 is 2.81 bits per heavy atom. The van der Waals surface area contributed by atoms with Crippen LogP contribution in [0.15, 0.2) is 12.4 Å². The van der Waals surface area contributed by atoms with Crippen molar-refractivity contribution < 1.29 is 4.79 Å². The van der Waals surface area contributed by atoms with E-state index in [0.717, 1.165) is 38.8 Å². The van der Waals surface area contributed by atoms with Gasteiger partial charge in [0.05, 0.1) is 11.8 Å². The van der Waals surface area contributed by atoms with Gasteiger partial charge in [-0.25, -0.2) is 0 Å². The second-order valence-electron chi connectivity index (χ2n) is 3.86. The number of hydrogen-bond acceptors (Lipinski definition) is 3. The van der Waals surface area contributed by atoms with E-state index in [1.807, 2.05) is 0 Å². The van der Waals surface area contributed by atoms with Crippen LogP contribution in [0.5, 0.6) is 0 Å². The Hall–Kier alpha value is -1.36. The number of aryl methyl sites for hydroxylation is 1. The second kappa shape index (κ2) is 7.00. The number of nitrogens with two attached hydrogens (primary N) is 1. The summed E-state index contributed by atoms with van der Waals surface area (Å²) in [5.74, 6) is -0.0491. The summed E-state index contributed by atoms with van der Waals surface area (Å²) < 4.78 is 1.62. The molecule has 5 heteroatoms. The van der Waals surface area contributed by atoms with Crippen LogP contribution in [-0.4, -0.2) is 28.8 Å². The second-order valence-corrected chi connectivity index (χ2v) is 3.86. The number of hydrogen-bond donors (Lipinski definition) is 2. The molecule has 3 N–H and O–H groups in total. The van der Waals surface area contributed by atoms with E-state index in [2.05, 4.69) is 10.4 Å². The number of amides is 1. The summed E-state index contributed by atoms with van der Waals surface area (Å²) in [6.07, 6.45) is 7.61. The molecule has 0 aliphatic heterocycles. The van der Waals surface area contributed by atoms with E-state index in [0.29, 0.717) is 5.56 Å². The summed E-state index contributed by atoms with van der Waals surface area (Å²) >= 11 is 0. The van der Waals surface area contributed by atoms with Gasteiger partial charge in [0.25, 0.3) is 5.91 Å². The van der Waals surface area contributed by atoms with Crippen molar-refractivity contribution in [3.05, 3.63) is 18.0 Å². The molecule has 0 atom stereocenters. The van der Waals surface area contributed by atoms with Crippen molar-refractivity contribution in [3.8, 4) is 0 Å². The van der Waals surface area contributed by atoms with Crippen LogP contribution in [0.1, 0.15) is 36.0 Å². The molecule has 1 rings (SSSR count). The molecule has 90 valence electrons. The zero-order valence-electron chi connectivity index (χ0n) is 9.78. The first kappa shape index (κ1) is 12.7. The van der Waals surface area contributed by atoms with E-state index in [1.54, 1.807) is 24.1 Å². The third kappa shape index (κ3) is 4.44. The van der Waals surface area contributed by atoms with Gasteiger partial charge in [-0.1, -0.05) is 12.8 Å². The van der Waals surface area contributed by atoms with Crippen molar-refractivity contribution in [1.82, 2.24) is 15.1 Å². The molecule has 0 radical (unpaired) electrons. The lowest BCUT2D eigenvalue weighted by Crippen LogP contribution is -2.24. The molecule has 5 nitrogen and oxygen atoms in total. The first-order valence-corrected chi connectivity index (χ1v) is 5.71. The molecule has 0 saturated carbocycles. The van der Waals surface area contributed by atoms with Crippen molar-refractivity contribution in [3.63, 3.8) is 0 Å². The van der Waals surface area contributed by atoms with Gasteiger partial charge in [0.2, 0.25) is 0 Å². The predicted molar refractivity (Wildman–Crippen MR) is 63.1 cm³/mol. The molecule has 1 amide bonds. The lowest BCUT2D eigenvalue weighted by atomic mass is 10.2. The van der Waals surface area contributed by atoms with Gasteiger partial charge >= 0.3 is 0 Å². The van der Waals surface area contributed by atoms with Crippen LogP contribution >= 0.6 is 0 Å². The lowest BCUT2D eigenvalue weighted by molar-refractivity contribution is 0.0953. The first-order valence-electron chi connectivity index (χ1n) is 5.71. The maximum Gasteiger partial charge on any atom is 0.254 e. The van der Waals surface area contributed by atoms with Crippen LogP contribution in [0.3, 0.4) is 0 Å². The Kier molecular flexibility index (Phi) is 5.56. The van der Waals surface area contributed by atoms with Crippen molar-refractivity contribution in [1.29, 1.82) is 0 Å². The van der Waals surface area contributed by atoms with E-state index < -0.39 is 0 Å². The summed E-state index contributed by atoms with van der Waals surface area (Å²) in [5.41, 5.74) is 6.01. The molecule has 0 fully saturated rings. The molecule has 0 aliphatic carbocycles. The van der Waals surface area contributed by atoms with Crippen LogP contribution in [-0.2, 0) is 7.05 Å². The minimum absolute atomic E-state index is 0.0491. The maximum atomic E-state index is 11.6. The standard InChI is InChI=1S/C11H20N4O/c1-15-9-10(8-14-15)11(16)13-7-5-3-2-4-6-12/h8-9H,2-7,12H2,1H3,(H,13,16). The highest BCUT2D eigenvalue weighted by molar-refractivity contribution is 5.93. The molecule has 0 aliphatic rings. The van der Waals surface area contributed by atoms with E-state index in [1.165, 1.54) is 0 Å². The fourth-order valence-electron chi connectivity index (χ4n) is 1.47. The summed E-state index contributed by atoms with van der Waals surface area (Å²) in [5, 5.41) is 6.81. The molecule has 0 aromatic carbocycles. The number of rotatable bonds is 7. The average Bonchev–Trinajstić information content (AvgIpc) is 2.70. The van der Waals surface area contributed by atoms with Gasteiger partial charge in [-0.05, 0) is 19.4 Å². The fraction of sp³-hybridized carbons (Fsp3) is 0.636. The van der Waals surface area contributed by atoms with Gasteiger partial charge in [0, 0.05) is 19.8 Å². The third-order valence-electron chi connectivity index (χ3n) is 2.38. The van der Waals surface area contributed by atoms with Gasteiger partial charge in [-0.3, -0.25) is 9.48 Å². The van der Waals surface area contributed by atoms with Gasteiger partial charge in [-0.15, -0.1) is 0 Å². The van der Waals surface area contributed by atoms with Crippen LogP contribution < -0.4 is 11.1 Å². The molecule has 1 aromatic heterocycles. The molecule has 1 heterocycles. The molecule has 1 aromatic rings. The monoisotopic (exact) mass is 224 g/mol. The lowest BCUT2D eigenvalue weighted by Gasteiger charge is -2.02. The summed E-state index contributed by atoms with van der Waals surface area (Å²) in [4.78, 5) is 11.6. The first-order chi connectivity index (χ1) is 7.74. The van der Waals surface area contributed by atoms with Crippen molar-refractivity contribution in [2.45, 2.75) is 25.7 Å². The maximum absolute atomic E-state index is 11.6. The van der Waals surface area contributed by atoms with Gasteiger partial charge in [-0.2, -0.15) is 5.10 Å². The van der Waals surface area contributed by atoms with E-state index in [4.69, 9.17) is 5.73 Å². The van der Waals surface area contributed by atoms with Crippen molar-refractivity contribution in [2.75, 3.05) is 13.1 Å². The molecule has 0 unspecified atom stereocenters. The topological polar surface area (TPSA) is 72.9 Å². The highest BCUT2D eigenvalue weighted by atomic mass is 16.1. The number of nitrogens with zero attached hydrogens (tertiary/aromatic N) is 2. The minimum Gasteiger partial charge on any atom is -0.352 e. The van der Waals surface area contributed by atoms with Crippen LogP contribution in [0.4, 0.5) is 0 Å². The average molecular weight is 224 g/mol. The van der Waals surface area contributed by atoms with Crippen LogP contribution in [0.25, 0.3) is 0 Å². The molecule has 16 heavy (non-hydrogen) atoms. The van der Waals surface area contributed by atoms with E-state index in [9.17, 15) is 4.79 Å². The normalized spacial score (nSPS) is 10.4. The van der Waals surface area contributed by atoms with E-state index >= 15 is 0 Å². The Bertz CT molecular complexity index is 322. The number of carbonyl (C=O) groups excluding carboxylic acids is 1. The fourth-order valence-corrected chi connectivity index (χ4v) is 1.47. The molecule has 0 spiro atoms. The van der Waals surface area contributed by atoms with Crippen LogP contribution in [0, 0.1) is 0 Å². The SMILES string of the molecule is Cn1cc(C(=O)NCCCCCCN)cn1. The van der Waals surface area contributed by atoms with Gasteiger partial charge in [0.1, 0.15) is 0 Å². The minimum atomic E-state index is -0.0491. The van der Waals surface area contributed by atoms with Gasteiger partial charge in [0.15, 0.2) is 0 Å². The Balaban J connectivity index is 2.11. The predicted octanol–water partition coefficient (Wildman–Crippen LogP) is 0.669. The summed E-state index contributed by atoms with van der Waals surface area (Å²) in [6.45, 7) is 1.47. The Labute approximate surface area is 96.0 Å². The molecular formula is C11H20N4O. The quantitative estimate of drug-likeness (QED) is 0.668. The smallest absolute Gasteiger partial charge is 0.254 e. The Morgan fingerprint density at radius 1 is 1.44 bits per heavy atom. The third-order valence-corrected chi connectivity index (χ3v) is 2.38. The van der Waals surface area contributed by atoms with Gasteiger partial charge < -0.3 is 11.1 Å². The zero-order chi connectivity index (χ0) is 11.8. The number of carbonyl (C=O) groups is 1. The molecular weight excluding hydrogens is 204 g/mol. The molecule has 0 bridgehead atoms. The number of unbranched alkanes of at least 4 members (excludes halogenated alkanes) is 3. The van der Waals surface area contributed by atoms with Crippen LogP contribution in [0.2, 0.25) is 0 Å². The van der Waals surface area contributed by atoms with E-state index in [-0.39, 0.29) is 5.91 Å². The Morgan fingerprint density at radius 2 is 2.19 bits per heavy atom. The van der Waals surface area contributed by atoms with Crippen molar-refractivity contribution >= 4 is 5.91 Å². The molecule has 0 saturated heterocycles. The zero-order valence-corrected chi connectivity index (χ0v) is 9.78. The van der Waals surface area contributed by atoms with Crippen molar-refractivity contribution in [2.24, 2.45) is 12.8 Å². The number of aromatic nitrogens is 2. The summed E-state index contributed by atoms with van der Waals surface area (Å²) in [6, 6.07) is 0. The largest absolute Gasteiger partial charge is 0.352 e. The number of nitrogens with one attached hydrogen (secondary N) is 1. The highest BCUT2D eigenvalue weighted by Gasteiger charge is 2.05.